The smallest absolute Gasteiger partial charge is 0.0931 e. The molecule has 1 N–H and O–H groups in total. The Labute approximate surface area is 122 Å². The van der Waals surface area contributed by atoms with E-state index in [-0.39, 0.29) is 0 Å². The molecule has 0 aromatic carbocycles. The van der Waals surface area contributed by atoms with E-state index < -0.39 is 0 Å². The zero-order valence-corrected chi connectivity index (χ0v) is 13.1. The van der Waals surface area contributed by atoms with Gasteiger partial charge in [0.25, 0.3) is 0 Å². The Hall–Kier alpha value is -0.350. The van der Waals surface area contributed by atoms with E-state index in [0.29, 0.717) is 6.04 Å². The van der Waals surface area contributed by atoms with Crippen molar-refractivity contribution in [1.29, 1.82) is 0 Å². The van der Waals surface area contributed by atoms with Crippen LogP contribution in [0, 0.1) is 6.92 Å². The fourth-order valence-corrected chi connectivity index (χ4v) is 4.04. The van der Waals surface area contributed by atoms with E-state index in [1.807, 2.05) is 6.07 Å². The lowest BCUT2D eigenvalue weighted by molar-refractivity contribution is 0.531. The average molecular weight is 300 g/mol. The lowest BCUT2D eigenvalue weighted by atomic mass is 10.0. The third-order valence-electron chi connectivity index (χ3n) is 2.95. The summed E-state index contributed by atoms with van der Waals surface area (Å²) in [5.74, 6) is 0. The summed E-state index contributed by atoms with van der Waals surface area (Å²) in [7, 11) is 0. The maximum atomic E-state index is 6.00. The topological polar surface area (TPSA) is 12.0 Å². The summed E-state index contributed by atoms with van der Waals surface area (Å²) in [6.45, 7) is 5.44. The molecule has 1 unspecified atom stereocenters. The predicted octanol–water partition coefficient (Wildman–Crippen LogP) is 5.05. The summed E-state index contributed by atoms with van der Waals surface area (Å²) in [5.41, 5.74) is 2.81. The highest BCUT2D eigenvalue weighted by atomic mass is 35.5. The third-order valence-corrected chi connectivity index (χ3v) is 5.08. The molecule has 0 radical (unpaired) electrons. The van der Waals surface area contributed by atoms with Crippen molar-refractivity contribution in [2.75, 3.05) is 6.54 Å². The van der Waals surface area contributed by atoms with Crippen LogP contribution in [0.25, 0.3) is 0 Å². The SMILES string of the molecule is CCCNC(Cc1ccc(Cl)s1)c1cscc1C. The van der Waals surface area contributed by atoms with E-state index in [9.17, 15) is 0 Å². The number of aryl methyl sites for hydroxylation is 1. The Morgan fingerprint density at radius 2 is 2.17 bits per heavy atom. The van der Waals surface area contributed by atoms with Gasteiger partial charge in [-0.05, 0) is 53.9 Å². The first kappa shape index (κ1) is 14.1. The van der Waals surface area contributed by atoms with Crippen LogP contribution in [0.15, 0.2) is 22.9 Å². The summed E-state index contributed by atoms with van der Waals surface area (Å²) in [6.07, 6.45) is 2.18. The fraction of sp³-hybridized carbons (Fsp3) is 0.429. The molecule has 0 saturated carbocycles. The van der Waals surface area contributed by atoms with Crippen molar-refractivity contribution < 1.29 is 0 Å². The van der Waals surface area contributed by atoms with Crippen molar-refractivity contribution in [3.8, 4) is 0 Å². The van der Waals surface area contributed by atoms with Crippen LogP contribution in [0.4, 0.5) is 0 Å². The summed E-state index contributed by atoms with van der Waals surface area (Å²) in [6, 6.07) is 4.53. The average Bonchev–Trinajstić information content (AvgIpc) is 2.93. The maximum absolute atomic E-state index is 6.00. The summed E-state index contributed by atoms with van der Waals surface area (Å²) in [5, 5.41) is 8.12. The van der Waals surface area contributed by atoms with Gasteiger partial charge in [-0.1, -0.05) is 18.5 Å². The van der Waals surface area contributed by atoms with Gasteiger partial charge < -0.3 is 5.32 Å². The van der Waals surface area contributed by atoms with Gasteiger partial charge in [-0.25, -0.2) is 0 Å². The van der Waals surface area contributed by atoms with Crippen LogP contribution in [0.1, 0.15) is 35.4 Å². The molecule has 98 valence electrons. The first-order valence-electron chi connectivity index (χ1n) is 6.21. The molecule has 2 rings (SSSR count). The van der Waals surface area contributed by atoms with Crippen LogP contribution in [0.5, 0.6) is 0 Å². The molecule has 1 nitrogen and oxygen atoms in total. The number of thiophene rings is 2. The van der Waals surface area contributed by atoms with Gasteiger partial charge in [0.05, 0.1) is 4.34 Å². The van der Waals surface area contributed by atoms with Gasteiger partial charge >= 0.3 is 0 Å². The molecule has 0 amide bonds. The van der Waals surface area contributed by atoms with Crippen molar-refractivity contribution in [2.45, 2.75) is 32.7 Å². The van der Waals surface area contributed by atoms with Crippen LogP contribution in [0.2, 0.25) is 4.34 Å². The lowest BCUT2D eigenvalue weighted by Crippen LogP contribution is -2.24. The molecule has 1 atom stereocenters. The quantitative estimate of drug-likeness (QED) is 0.786. The Morgan fingerprint density at radius 1 is 1.33 bits per heavy atom. The minimum absolute atomic E-state index is 0.408. The first-order valence-corrected chi connectivity index (χ1v) is 8.34. The monoisotopic (exact) mass is 299 g/mol. The van der Waals surface area contributed by atoms with Gasteiger partial charge in [0, 0.05) is 17.3 Å². The second kappa shape index (κ2) is 6.71. The highest BCUT2D eigenvalue weighted by molar-refractivity contribution is 7.16. The molecule has 0 spiro atoms. The molecule has 4 heteroatoms. The zero-order valence-electron chi connectivity index (χ0n) is 10.7. The van der Waals surface area contributed by atoms with Crippen molar-refractivity contribution in [1.82, 2.24) is 5.32 Å². The van der Waals surface area contributed by atoms with Crippen molar-refractivity contribution in [3.05, 3.63) is 43.2 Å². The number of hydrogen-bond acceptors (Lipinski definition) is 3. The van der Waals surface area contributed by atoms with Crippen LogP contribution in [-0.2, 0) is 6.42 Å². The van der Waals surface area contributed by atoms with Gasteiger partial charge in [0.15, 0.2) is 0 Å². The van der Waals surface area contributed by atoms with Crippen LogP contribution in [0.3, 0.4) is 0 Å². The van der Waals surface area contributed by atoms with Gasteiger partial charge in [-0.2, -0.15) is 11.3 Å². The molecule has 2 aromatic rings. The number of hydrogen-bond donors (Lipinski definition) is 1. The van der Waals surface area contributed by atoms with Crippen LogP contribution < -0.4 is 5.32 Å². The molecule has 0 aliphatic heterocycles. The van der Waals surface area contributed by atoms with E-state index >= 15 is 0 Å². The fourth-order valence-electron chi connectivity index (χ4n) is 2.00. The normalized spacial score (nSPS) is 12.8. The molecule has 0 aliphatic rings. The highest BCUT2D eigenvalue weighted by Gasteiger charge is 2.15. The molecular weight excluding hydrogens is 282 g/mol. The van der Waals surface area contributed by atoms with E-state index in [2.05, 4.69) is 36.0 Å². The molecule has 2 heterocycles. The maximum Gasteiger partial charge on any atom is 0.0931 e. The Kier molecular flexibility index (Phi) is 5.25. The zero-order chi connectivity index (χ0) is 13.0. The minimum atomic E-state index is 0.408. The second-order valence-electron chi connectivity index (χ2n) is 4.43. The van der Waals surface area contributed by atoms with Crippen molar-refractivity contribution in [2.24, 2.45) is 0 Å². The predicted molar refractivity (Wildman–Crippen MR) is 83.1 cm³/mol. The lowest BCUT2D eigenvalue weighted by Gasteiger charge is -2.18. The number of halogens is 1. The molecular formula is C14H18ClNS2. The van der Waals surface area contributed by atoms with E-state index in [4.69, 9.17) is 11.6 Å². The number of rotatable bonds is 6. The molecule has 0 saturated heterocycles. The molecule has 2 aromatic heterocycles. The first-order chi connectivity index (χ1) is 8.70. The van der Waals surface area contributed by atoms with E-state index in [1.165, 1.54) is 16.0 Å². The van der Waals surface area contributed by atoms with E-state index in [1.54, 1.807) is 22.7 Å². The van der Waals surface area contributed by atoms with Crippen LogP contribution in [-0.4, -0.2) is 6.54 Å². The van der Waals surface area contributed by atoms with Gasteiger partial charge in [-0.15, -0.1) is 11.3 Å². The summed E-state index contributed by atoms with van der Waals surface area (Å²) < 4.78 is 0.876. The third kappa shape index (κ3) is 3.58. The largest absolute Gasteiger partial charge is 0.310 e. The van der Waals surface area contributed by atoms with Crippen LogP contribution >= 0.6 is 34.3 Å². The molecule has 0 bridgehead atoms. The Morgan fingerprint density at radius 3 is 2.72 bits per heavy atom. The highest BCUT2D eigenvalue weighted by Crippen LogP contribution is 2.29. The Bertz CT molecular complexity index is 489. The summed E-state index contributed by atoms with van der Waals surface area (Å²) in [4.78, 5) is 1.35. The van der Waals surface area contributed by atoms with Gasteiger partial charge in [0.2, 0.25) is 0 Å². The number of nitrogens with one attached hydrogen (secondary N) is 1. The van der Waals surface area contributed by atoms with Crippen molar-refractivity contribution >= 4 is 34.3 Å². The second-order valence-corrected chi connectivity index (χ2v) is 6.97. The molecule has 18 heavy (non-hydrogen) atoms. The molecule has 0 aliphatic carbocycles. The van der Waals surface area contributed by atoms with Crippen molar-refractivity contribution in [3.63, 3.8) is 0 Å². The van der Waals surface area contributed by atoms with Gasteiger partial charge in [-0.3, -0.25) is 0 Å². The van der Waals surface area contributed by atoms with Gasteiger partial charge in [0.1, 0.15) is 0 Å². The minimum Gasteiger partial charge on any atom is -0.310 e. The standard InChI is InChI=1S/C14H18ClNS2/c1-3-6-16-13(12-9-17-8-10(12)2)7-11-4-5-14(15)18-11/h4-5,8-9,13,16H,3,6-7H2,1-2H3. The van der Waals surface area contributed by atoms with E-state index in [0.717, 1.165) is 23.7 Å². The molecule has 0 fully saturated rings. The summed E-state index contributed by atoms with van der Waals surface area (Å²) >= 11 is 9.47. The Balaban J connectivity index is 2.12.